The van der Waals surface area contributed by atoms with Gasteiger partial charge < -0.3 is 24.3 Å². The number of nitrogens with one attached hydrogen (secondary N) is 1. The summed E-state index contributed by atoms with van der Waals surface area (Å²) in [5, 5.41) is 2.78. The highest BCUT2D eigenvalue weighted by atomic mass is 16.7. The topological polar surface area (TPSA) is 103 Å². The minimum atomic E-state index is -1.12. The second kappa shape index (κ2) is 14.2. The molecule has 0 spiro atoms. The molecule has 226 valence electrons. The number of methoxy groups -OCH3 is 2. The number of nitrogens with zero attached hydrogens (tertiary/aromatic N) is 1. The van der Waals surface area contributed by atoms with Crippen molar-refractivity contribution in [2.45, 2.75) is 51.4 Å². The fraction of sp³-hybridized carbons (Fsp3) is 0.324. The van der Waals surface area contributed by atoms with Gasteiger partial charge in [-0.05, 0) is 43.0 Å². The van der Waals surface area contributed by atoms with E-state index in [2.05, 4.69) is 5.32 Å². The van der Waals surface area contributed by atoms with E-state index in [4.69, 9.17) is 18.9 Å². The molecule has 43 heavy (non-hydrogen) atoms. The molecular weight excluding hydrogens is 548 g/mol. The van der Waals surface area contributed by atoms with Crippen molar-refractivity contribution in [1.29, 1.82) is 0 Å². The van der Waals surface area contributed by atoms with Crippen molar-refractivity contribution in [2.75, 3.05) is 20.8 Å². The van der Waals surface area contributed by atoms with E-state index in [0.717, 1.165) is 16.7 Å². The number of likely N-dealkylation sites (tertiary alicyclic amines) is 1. The number of β-lactam (4-membered cyclic amide) rings is 1. The van der Waals surface area contributed by atoms with Crippen LogP contribution in [0.5, 0.6) is 0 Å². The predicted octanol–water partition coefficient (Wildman–Crippen LogP) is 4.53. The van der Waals surface area contributed by atoms with Gasteiger partial charge in [0.15, 0.2) is 24.2 Å². The maximum Gasteiger partial charge on any atom is 0.356 e. The zero-order chi connectivity index (χ0) is 31.0. The molecule has 9 heteroatoms. The van der Waals surface area contributed by atoms with E-state index in [1.807, 2.05) is 91.0 Å². The Morgan fingerprint density at radius 1 is 0.860 bits per heavy atom. The summed E-state index contributed by atoms with van der Waals surface area (Å²) >= 11 is 0. The third kappa shape index (κ3) is 7.56. The number of allylic oxidation sites excluding steroid dienone is 1. The molecule has 9 nitrogen and oxygen atoms in total. The molecule has 0 saturated carbocycles. The first kappa shape index (κ1) is 31.6. The molecular formula is C34H38N2O7. The Labute approximate surface area is 252 Å². The largest absolute Gasteiger partial charge is 0.448 e. The van der Waals surface area contributed by atoms with Crippen molar-refractivity contribution in [3.05, 3.63) is 119 Å². The minimum absolute atomic E-state index is 0.0388. The maximum atomic E-state index is 13.9. The van der Waals surface area contributed by atoms with E-state index in [-0.39, 0.29) is 24.6 Å². The van der Waals surface area contributed by atoms with Crippen molar-refractivity contribution in [3.8, 4) is 0 Å². The molecule has 1 saturated heterocycles. The molecule has 2 amide bonds. The van der Waals surface area contributed by atoms with Crippen LogP contribution in [0.2, 0.25) is 0 Å². The van der Waals surface area contributed by atoms with Crippen LogP contribution in [0, 0.1) is 0 Å². The molecule has 0 radical (unpaired) electrons. The van der Waals surface area contributed by atoms with E-state index in [1.165, 1.54) is 19.1 Å². The van der Waals surface area contributed by atoms with Crippen LogP contribution < -0.4 is 5.32 Å². The molecule has 3 aromatic carbocycles. The Kier molecular flexibility index (Phi) is 10.5. The number of rotatable bonds is 13. The molecule has 0 bridgehead atoms. The third-order valence-electron chi connectivity index (χ3n) is 7.28. The van der Waals surface area contributed by atoms with Crippen molar-refractivity contribution >= 4 is 17.8 Å². The van der Waals surface area contributed by atoms with Gasteiger partial charge in [-0.25, -0.2) is 4.79 Å². The molecule has 1 heterocycles. The standard InChI is InChI=1S/C34H38N2O7/c1-23(2)29(33(39)43-30(25-17-11-7-12-18-25)26-19-13-8-14-20-26)36-31(38)28(32(36)42-22-34(3,40-4)41-5)35-27(37)21-24-15-9-6-10-16-24/h6-20,28,30,32H,21-22H2,1-5H3,(H,35,37)/t28-,32-/m0/s1. The van der Waals surface area contributed by atoms with Crippen LogP contribution in [0.25, 0.3) is 0 Å². The lowest BCUT2D eigenvalue weighted by Gasteiger charge is -2.47. The van der Waals surface area contributed by atoms with Gasteiger partial charge >= 0.3 is 5.97 Å². The van der Waals surface area contributed by atoms with Gasteiger partial charge in [0.1, 0.15) is 12.3 Å². The van der Waals surface area contributed by atoms with Crippen molar-refractivity contribution < 1.29 is 33.3 Å². The molecule has 1 aliphatic heterocycles. The quantitative estimate of drug-likeness (QED) is 0.136. The molecule has 0 aliphatic carbocycles. The number of hydrogen-bond acceptors (Lipinski definition) is 7. The molecule has 1 aliphatic rings. The highest BCUT2D eigenvalue weighted by Crippen LogP contribution is 2.33. The molecule has 3 aromatic rings. The lowest BCUT2D eigenvalue weighted by molar-refractivity contribution is -0.249. The van der Waals surface area contributed by atoms with Gasteiger partial charge in [0.2, 0.25) is 5.91 Å². The van der Waals surface area contributed by atoms with Crippen LogP contribution >= 0.6 is 0 Å². The van der Waals surface area contributed by atoms with E-state index in [1.54, 1.807) is 20.8 Å². The Hall–Kier alpha value is -4.31. The summed E-state index contributed by atoms with van der Waals surface area (Å²) in [5.41, 5.74) is 2.94. The first-order chi connectivity index (χ1) is 20.7. The predicted molar refractivity (Wildman–Crippen MR) is 160 cm³/mol. The third-order valence-corrected chi connectivity index (χ3v) is 7.28. The summed E-state index contributed by atoms with van der Waals surface area (Å²) < 4.78 is 23.1. The van der Waals surface area contributed by atoms with Gasteiger partial charge in [-0.1, -0.05) is 91.0 Å². The number of esters is 1. The SMILES string of the molecule is COC(C)(CO[C@H]1[C@@H](NC(=O)Cc2ccccc2)C(=O)N1C(C(=O)OC(c1ccccc1)c1ccccc1)=C(C)C)OC. The van der Waals surface area contributed by atoms with Gasteiger partial charge in [0.25, 0.3) is 5.91 Å². The number of hydrogen-bond donors (Lipinski definition) is 1. The lowest BCUT2D eigenvalue weighted by atomic mass is 9.99. The van der Waals surface area contributed by atoms with E-state index in [0.29, 0.717) is 5.57 Å². The lowest BCUT2D eigenvalue weighted by Crippen LogP contribution is -2.72. The second-order valence-electron chi connectivity index (χ2n) is 10.6. The van der Waals surface area contributed by atoms with Crippen LogP contribution in [0.15, 0.2) is 102 Å². The first-order valence-corrected chi connectivity index (χ1v) is 14.0. The summed E-state index contributed by atoms with van der Waals surface area (Å²) in [6, 6.07) is 26.9. The smallest absolute Gasteiger partial charge is 0.356 e. The highest BCUT2D eigenvalue weighted by Gasteiger charge is 2.53. The van der Waals surface area contributed by atoms with E-state index in [9.17, 15) is 14.4 Å². The normalized spacial score (nSPS) is 16.4. The molecule has 1 fully saturated rings. The van der Waals surface area contributed by atoms with Crippen LogP contribution in [-0.4, -0.2) is 61.6 Å². The average molecular weight is 587 g/mol. The van der Waals surface area contributed by atoms with Crippen molar-refractivity contribution in [3.63, 3.8) is 0 Å². The number of ether oxygens (including phenoxy) is 4. The summed E-state index contributed by atoms with van der Waals surface area (Å²) in [6.45, 7) is 5.04. The Balaban J connectivity index is 1.60. The van der Waals surface area contributed by atoms with Crippen LogP contribution in [0.3, 0.4) is 0 Å². The molecule has 1 N–H and O–H groups in total. The zero-order valence-electron chi connectivity index (χ0n) is 25.1. The van der Waals surface area contributed by atoms with Crippen LogP contribution in [0.4, 0.5) is 0 Å². The number of carbonyl (C=O) groups is 3. The molecule has 2 atom stereocenters. The number of benzene rings is 3. The number of carbonyl (C=O) groups excluding carboxylic acids is 3. The molecule has 4 rings (SSSR count). The fourth-order valence-corrected chi connectivity index (χ4v) is 4.74. The first-order valence-electron chi connectivity index (χ1n) is 14.0. The van der Waals surface area contributed by atoms with Crippen LogP contribution in [0.1, 0.15) is 43.6 Å². The average Bonchev–Trinajstić information content (AvgIpc) is 3.03. The summed E-state index contributed by atoms with van der Waals surface area (Å²) in [4.78, 5) is 41.7. The maximum absolute atomic E-state index is 13.9. The van der Waals surface area contributed by atoms with E-state index >= 15 is 0 Å². The van der Waals surface area contributed by atoms with Gasteiger partial charge in [0.05, 0.1) is 6.42 Å². The van der Waals surface area contributed by atoms with Gasteiger partial charge in [-0.15, -0.1) is 0 Å². The summed E-state index contributed by atoms with van der Waals surface area (Å²) in [6.07, 6.45) is -1.65. The number of amides is 2. The highest BCUT2D eigenvalue weighted by molar-refractivity contribution is 6.01. The molecule has 0 aromatic heterocycles. The monoisotopic (exact) mass is 586 g/mol. The zero-order valence-corrected chi connectivity index (χ0v) is 25.1. The van der Waals surface area contributed by atoms with Crippen molar-refractivity contribution in [2.24, 2.45) is 0 Å². The second-order valence-corrected chi connectivity index (χ2v) is 10.6. The van der Waals surface area contributed by atoms with Gasteiger partial charge in [0, 0.05) is 14.2 Å². The Morgan fingerprint density at radius 3 is 1.86 bits per heavy atom. The summed E-state index contributed by atoms with van der Waals surface area (Å²) in [5.74, 6) is -2.67. The Bertz CT molecular complexity index is 1380. The van der Waals surface area contributed by atoms with Gasteiger partial charge in [-0.2, -0.15) is 0 Å². The molecule has 0 unspecified atom stereocenters. The minimum Gasteiger partial charge on any atom is -0.448 e. The van der Waals surface area contributed by atoms with Crippen LogP contribution in [-0.2, 0) is 39.8 Å². The van der Waals surface area contributed by atoms with Crippen molar-refractivity contribution in [1.82, 2.24) is 10.2 Å². The fourth-order valence-electron chi connectivity index (χ4n) is 4.74. The van der Waals surface area contributed by atoms with E-state index < -0.39 is 36.0 Å². The summed E-state index contributed by atoms with van der Waals surface area (Å²) in [7, 11) is 2.95. The van der Waals surface area contributed by atoms with Gasteiger partial charge in [-0.3, -0.25) is 14.5 Å². The Morgan fingerprint density at radius 2 is 1.37 bits per heavy atom.